The van der Waals surface area contributed by atoms with Crippen molar-refractivity contribution >= 4 is 17.7 Å². The van der Waals surface area contributed by atoms with Gasteiger partial charge in [-0.15, -0.1) is 0 Å². The lowest BCUT2D eigenvalue weighted by molar-refractivity contribution is -0.164. The zero-order chi connectivity index (χ0) is 18.4. The van der Waals surface area contributed by atoms with Gasteiger partial charge in [-0.05, 0) is 36.5 Å². The van der Waals surface area contributed by atoms with Crippen molar-refractivity contribution in [1.29, 1.82) is 0 Å². The largest absolute Gasteiger partial charge is 0.389 e. The highest BCUT2D eigenvalue weighted by molar-refractivity contribution is 6.12. The minimum Gasteiger partial charge on any atom is -0.389 e. The molecule has 0 saturated heterocycles. The maximum absolute atomic E-state index is 13.0. The molecule has 4 rings (SSSR count). The second-order valence-electron chi connectivity index (χ2n) is 9.45. The summed E-state index contributed by atoms with van der Waals surface area (Å²) in [5, 5.41) is 11.0. The standard InChI is InChI=1S/C20H26O5/c1-10-9-20(10)15(22)13-11(21)8-12-18(2,3)6-5-7-19(12,4)14(13)16(23)25-17(20)24/h10,12,15,22H,5-9H2,1-4H3/t10-,12+,15-,19+,20-/m1/s1. The minimum absolute atomic E-state index is 0.0144. The van der Waals surface area contributed by atoms with E-state index in [0.717, 1.165) is 19.3 Å². The van der Waals surface area contributed by atoms with E-state index >= 15 is 0 Å². The lowest BCUT2D eigenvalue weighted by Crippen LogP contribution is -2.50. The van der Waals surface area contributed by atoms with Gasteiger partial charge in [0, 0.05) is 17.4 Å². The predicted molar refractivity (Wildman–Crippen MR) is 89.2 cm³/mol. The molecule has 5 nitrogen and oxygen atoms in total. The highest BCUT2D eigenvalue weighted by atomic mass is 16.6. The summed E-state index contributed by atoms with van der Waals surface area (Å²) >= 11 is 0. The molecular formula is C20H26O5. The van der Waals surface area contributed by atoms with Crippen LogP contribution < -0.4 is 0 Å². The molecule has 0 bridgehead atoms. The van der Waals surface area contributed by atoms with Gasteiger partial charge in [-0.1, -0.05) is 34.1 Å². The third kappa shape index (κ3) is 1.96. The monoisotopic (exact) mass is 346 g/mol. The number of hydrogen-bond donors (Lipinski definition) is 1. The summed E-state index contributed by atoms with van der Waals surface area (Å²) in [5.41, 5.74) is -1.29. The number of ketones is 1. The van der Waals surface area contributed by atoms with Crippen molar-refractivity contribution in [2.24, 2.45) is 28.1 Å². The second-order valence-corrected chi connectivity index (χ2v) is 9.45. The number of esters is 2. The average molecular weight is 346 g/mol. The molecule has 1 N–H and O–H groups in total. The molecule has 0 aromatic carbocycles. The number of aliphatic hydroxyl groups excluding tert-OH is 1. The fraction of sp³-hybridized carbons (Fsp3) is 0.750. The summed E-state index contributed by atoms with van der Waals surface area (Å²) in [6, 6.07) is 0. The molecule has 0 amide bonds. The van der Waals surface area contributed by atoms with Crippen molar-refractivity contribution in [3.8, 4) is 0 Å². The summed E-state index contributed by atoms with van der Waals surface area (Å²) in [5.74, 6) is -1.65. The van der Waals surface area contributed by atoms with Gasteiger partial charge in [0.25, 0.3) is 0 Å². The molecule has 5 atom stereocenters. The lowest BCUT2D eigenvalue weighted by Gasteiger charge is -2.53. The first-order valence-electron chi connectivity index (χ1n) is 9.28. The van der Waals surface area contributed by atoms with Crippen molar-refractivity contribution in [3.05, 3.63) is 11.1 Å². The van der Waals surface area contributed by atoms with Crippen LogP contribution in [0.15, 0.2) is 11.1 Å². The molecule has 3 aliphatic carbocycles. The van der Waals surface area contributed by atoms with Crippen LogP contribution in [0, 0.1) is 28.1 Å². The number of rotatable bonds is 0. The van der Waals surface area contributed by atoms with Crippen LogP contribution in [-0.4, -0.2) is 28.9 Å². The molecule has 4 aliphatic rings. The Hall–Kier alpha value is -1.49. The molecule has 25 heavy (non-hydrogen) atoms. The Labute approximate surface area is 147 Å². The lowest BCUT2D eigenvalue weighted by atomic mass is 9.49. The number of carbonyl (C=O) groups excluding carboxylic acids is 3. The van der Waals surface area contributed by atoms with Crippen molar-refractivity contribution in [1.82, 2.24) is 0 Å². The molecule has 1 heterocycles. The Morgan fingerprint density at radius 2 is 1.76 bits per heavy atom. The smallest absolute Gasteiger partial charge is 0.342 e. The van der Waals surface area contributed by atoms with Crippen LogP contribution in [0.25, 0.3) is 0 Å². The van der Waals surface area contributed by atoms with Gasteiger partial charge < -0.3 is 9.84 Å². The highest BCUT2D eigenvalue weighted by Crippen LogP contribution is 2.64. The normalized spacial score (nSPS) is 45.6. The molecule has 0 radical (unpaired) electrons. The topological polar surface area (TPSA) is 80.7 Å². The zero-order valence-electron chi connectivity index (χ0n) is 15.3. The van der Waals surface area contributed by atoms with Crippen LogP contribution in [0.4, 0.5) is 0 Å². The first kappa shape index (κ1) is 17.0. The van der Waals surface area contributed by atoms with Crippen LogP contribution in [0.1, 0.15) is 59.8 Å². The molecule has 0 unspecified atom stereocenters. The number of aliphatic hydroxyl groups is 1. The summed E-state index contributed by atoms with van der Waals surface area (Å²) in [4.78, 5) is 38.4. The van der Waals surface area contributed by atoms with E-state index < -0.39 is 28.9 Å². The van der Waals surface area contributed by atoms with Gasteiger partial charge in [0.2, 0.25) is 0 Å². The predicted octanol–water partition coefficient (Wildman–Crippen LogP) is 2.56. The molecule has 1 aliphatic heterocycles. The number of ether oxygens (including phenoxy) is 1. The van der Waals surface area contributed by atoms with E-state index in [2.05, 4.69) is 13.8 Å². The third-order valence-corrected chi connectivity index (χ3v) is 7.65. The van der Waals surface area contributed by atoms with E-state index in [1.807, 2.05) is 13.8 Å². The fourth-order valence-electron chi connectivity index (χ4n) is 6.01. The van der Waals surface area contributed by atoms with Crippen LogP contribution >= 0.6 is 0 Å². The Morgan fingerprint density at radius 3 is 2.36 bits per heavy atom. The van der Waals surface area contributed by atoms with Gasteiger partial charge in [0.1, 0.15) is 5.41 Å². The number of carbonyl (C=O) groups is 3. The summed E-state index contributed by atoms with van der Waals surface area (Å²) < 4.78 is 5.18. The number of hydrogen-bond acceptors (Lipinski definition) is 5. The summed E-state index contributed by atoms with van der Waals surface area (Å²) in [6.07, 6.45) is 2.27. The van der Waals surface area contributed by atoms with E-state index in [1.54, 1.807) is 0 Å². The van der Waals surface area contributed by atoms with Crippen molar-refractivity contribution in [3.63, 3.8) is 0 Å². The van der Waals surface area contributed by atoms with E-state index in [0.29, 0.717) is 12.8 Å². The fourth-order valence-corrected chi connectivity index (χ4v) is 6.01. The van der Waals surface area contributed by atoms with Gasteiger partial charge in [0.05, 0.1) is 11.7 Å². The van der Waals surface area contributed by atoms with Crippen LogP contribution in [0.2, 0.25) is 0 Å². The van der Waals surface area contributed by atoms with E-state index in [4.69, 9.17) is 4.74 Å². The number of fused-ring (bicyclic) bond motifs is 2. The van der Waals surface area contributed by atoms with Crippen molar-refractivity contribution in [2.45, 2.75) is 65.9 Å². The molecular weight excluding hydrogens is 320 g/mol. The number of cyclic esters (lactones) is 2. The molecule has 0 aromatic rings. The van der Waals surface area contributed by atoms with Gasteiger partial charge in [-0.25, -0.2) is 4.79 Å². The van der Waals surface area contributed by atoms with Crippen LogP contribution in [0.5, 0.6) is 0 Å². The maximum atomic E-state index is 13.0. The zero-order valence-corrected chi connectivity index (χ0v) is 15.3. The molecule has 2 fully saturated rings. The molecule has 0 aromatic heterocycles. The minimum atomic E-state index is -1.23. The summed E-state index contributed by atoms with van der Waals surface area (Å²) in [7, 11) is 0. The Morgan fingerprint density at radius 1 is 1.12 bits per heavy atom. The first-order valence-corrected chi connectivity index (χ1v) is 9.28. The molecule has 5 heteroatoms. The summed E-state index contributed by atoms with van der Waals surface area (Å²) in [6.45, 7) is 8.14. The highest BCUT2D eigenvalue weighted by Gasteiger charge is 2.69. The van der Waals surface area contributed by atoms with Gasteiger partial charge >= 0.3 is 11.9 Å². The molecule has 136 valence electrons. The van der Waals surface area contributed by atoms with Crippen molar-refractivity contribution in [2.75, 3.05) is 0 Å². The van der Waals surface area contributed by atoms with Gasteiger partial charge in [-0.2, -0.15) is 0 Å². The van der Waals surface area contributed by atoms with E-state index in [9.17, 15) is 19.5 Å². The van der Waals surface area contributed by atoms with E-state index in [1.165, 1.54) is 0 Å². The Balaban J connectivity index is 1.93. The third-order valence-electron chi connectivity index (χ3n) is 7.65. The average Bonchev–Trinajstić information content (AvgIpc) is 3.20. The van der Waals surface area contributed by atoms with Crippen LogP contribution in [-0.2, 0) is 19.1 Å². The first-order chi connectivity index (χ1) is 11.6. The second kappa shape index (κ2) is 4.81. The Bertz CT molecular complexity index is 732. The quantitative estimate of drug-likeness (QED) is 0.538. The maximum Gasteiger partial charge on any atom is 0.342 e. The van der Waals surface area contributed by atoms with Gasteiger partial charge in [-0.3, -0.25) is 9.59 Å². The molecule has 1 spiro atoms. The SMILES string of the molecule is C[C@@H]1C[C@@]12C(=O)OC(=O)C1=C(C(=O)C[C@H]3C(C)(C)CCC[C@]13C)[C@H]2O. The number of Topliss-reactive ketones (excluding diaryl/α,β-unsaturated/α-hetero) is 1. The van der Waals surface area contributed by atoms with Crippen LogP contribution in [0.3, 0.4) is 0 Å². The molecule has 2 saturated carbocycles. The van der Waals surface area contributed by atoms with Gasteiger partial charge in [0.15, 0.2) is 5.78 Å². The Kier molecular flexibility index (Phi) is 3.26. The van der Waals surface area contributed by atoms with E-state index in [-0.39, 0.29) is 34.2 Å². The van der Waals surface area contributed by atoms with Crippen molar-refractivity contribution < 1.29 is 24.2 Å².